The lowest BCUT2D eigenvalue weighted by Gasteiger charge is -2.18. The van der Waals surface area contributed by atoms with Crippen LogP contribution in [0.2, 0.25) is 5.02 Å². The molecular weight excluding hydrogens is 302 g/mol. The molecule has 2 N–H and O–H groups in total. The van der Waals surface area contributed by atoms with Gasteiger partial charge in [-0.1, -0.05) is 17.7 Å². The van der Waals surface area contributed by atoms with Crippen molar-refractivity contribution in [1.29, 1.82) is 0 Å². The molecule has 0 fully saturated rings. The molecule has 0 saturated heterocycles. The van der Waals surface area contributed by atoms with Gasteiger partial charge in [0.05, 0.1) is 16.9 Å². The third-order valence-electron chi connectivity index (χ3n) is 2.95. The fourth-order valence-electron chi connectivity index (χ4n) is 2.09. The van der Waals surface area contributed by atoms with E-state index < -0.39 is 29.5 Å². The molecule has 0 unspecified atom stereocenters. The fourth-order valence-corrected chi connectivity index (χ4v) is 2.30. The summed E-state index contributed by atoms with van der Waals surface area (Å²) in [6, 6.07) is 4.67. The summed E-state index contributed by atoms with van der Waals surface area (Å²) in [5.74, 6) is -1.67. The monoisotopic (exact) mass is 314 g/mol. The number of aromatic nitrogens is 1. The summed E-state index contributed by atoms with van der Waals surface area (Å²) in [7, 11) is 0. The number of nitrogens with one attached hydrogen (secondary N) is 1. The first kappa shape index (κ1) is 15.5. The molecule has 0 aliphatic rings. The lowest BCUT2D eigenvalue weighted by atomic mass is 10.1. The Hall–Kier alpha value is -1.92. The van der Waals surface area contributed by atoms with Gasteiger partial charge in [-0.05, 0) is 25.1 Å². The maximum atomic E-state index is 14.0. The molecule has 0 aliphatic carbocycles. The van der Waals surface area contributed by atoms with Crippen molar-refractivity contribution in [2.24, 2.45) is 0 Å². The minimum Gasteiger partial charge on any atom is -0.384 e. The lowest BCUT2D eigenvalue weighted by Crippen LogP contribution is -2.24. The van der Waals surface area contributed by atoms with Crippen molar-refractivity contribution < 1.29 is 13.9 Å². The largest absolute Gasteiger partial charge is 0.384 e. The highest BCUT2D eigenvalue weighted by molar-refractivity contribution is 6.30. The second-order valence-electron chi connectivity index (χ2n) is 4.26. The van der Waals surface area contributed by atoms with Crippen molar-refractivity contribution in [3.05, 3.63) is 51.3 Å². The van der Waals surface area contributed by atoms with E-state index in [1.54, 1.807) is 6.92 Å². The van der Waals surface area contributed by atoms with Gasteiger partial charge in [-0.15, -0.1) is 0 Å². The molecule has 1 aromatic heterocycles. The number of nitrogens with zero attached hydrogens (tertiary/aromatic N) is 1. The van der Waals surface area contributed by atoms with Gasteiger partial charge in [0.15, 0.2) is 0 Å². The molecule has 1 heterocycles. The predicted octanol–water partition coefficient (Wildman–Crippen LogP) is 2.83. The SMILES string of the molecule is CCNc1cc(Cl)c(=O)n(CO)c1-c1c(F)cccc1F. The molecule has 0 spiro atoms. The predicted molar refractivity (Wildman–Crippen MR) is 77.4 cm³/mol. The van der Waals surface area contributed by atoms with Gasteiger partial charge in [0.1, 0.15) is 23.4 Å². The van der Waals surface area contributed by atoms with Gasteiger partial charge in [-0.2, -0.15) is 0 Å². The van der Waals surface area contributed by atoms with Gasteiger partial charge in [-0.3, -0.25) is 9.36 Å². The van der Waals surface area contributed by atoms with E-state index in [9.17, 15) is 18.7 Å². The summed E-state index contributed by atoms with van der Waals surface area (Å²) in [6.07, 6.45) is 0. The Morgan fingerprint density at radius 3 is 2.48 bits per heavy atom. The maximum Gasteiger partial charge on any atom is 0.271 e. The summed E-state index contributed by atoms with van der Waals surface area (Å²) in [5.41, 5.74) is -0.931. The first-order chi connectivity index (χ1) is 10.0. The molecule has 4 nitrogen and oxygen atoms in total. The molecule has 0 atom stereocenters. The molecule has 0 saturated carbocycles. The quantitative estimate of drug-likeness (QED) is 0.912. The normalized spacial score (nSPS) is 10.7. The summed E-state index contributed by atoms with van der Waals surface area (Å²) < 4.78 is 28.8. The summed E-state index contributed by atoms with van der Waals surface area (Å²) in [4.78, 5) is 12.0. The van der Waals surface area contributed by atoms with Crippen molar-refractivity contribution >= 4 is 17.3 Å². The number of hydrogen-bond acceptors (Lipinski definition) is 3. The lowest BCUT2D eigenvalue weighted by molar-refractivity contribution is 0.208. The maximum absolute atomic E-state index is 14.0. The molecule has 0 radical (unpaired) electrons. The van der Waals surface area contributed by atoms with Crippen LogP contribution < -0.4 is 10.9 Å². The highest BCUT2D eigenvalue weighted by atomic mass is 35.5. The number of rotatable bonds is 4. The zero-order chi connectivity index (χ0) is 15.6. The molecule has 0 aliphatic heterocycles. The number of benzene rings is 1. The van der Waals surface area contributed by atoms with E-state index in [0.717, 1.165) is 16.7 Å². The van der Waals surface area contributed by atoms with E-state index in [2.05, 4.69) is 5.32 Å². The number of aliphatic hydroxyl groups excluding tert-OH is 1. The summed E-state index contributed by atoms with van der Waals surface area (Å²) in [5, 5.41) is 12.1. The van der Waals surface area contributed by atoms with Gasteiger partial charge in [0, 0.05) is 6.54 Å². The number of halogens is 3. The summed E-state index contributed by atoms with van der Waals surface area (Å²) in [6.45, 7) is 1.48. The fraction of sp³-hybridized carbons (Fsp3) is 0.214. The number of pyridine rings is 1. The average molecular weight is 315 g/mol. The number of aliphatic hydroxyl groups is 1. The Balaban J connectivity index is 2.89. The molecule has 0 amide bonds. The molecule has 0 bridgehead atoms. The van der Waals surface area contributed by atoms with E-state index >= 15 is 0 Å². The molecule has 1 aromatic carbocycles. The van der Waals surface area contributed by atoms with Gasteiger partial charge in [0.2, 0.25) is 0 Å². The molecular formula is C14H13ClF2N2O2. The van der Waals surface area contributed by atoms with Gasteiger partial charge in [-0.25, -0.2) is 8.78 Å². The standard InChI is InChI=1S/C14H13ClF2N2O2/c1-2-18-11-6-8(15)14(21)19(7-20)13(11)12-9(16)4-3-5-10(12)17/h3-6,18,20H,2,7H2,1H3. The van der Waals surface area contributed by atoms with Gasteiger partial charge in [0.25, 0.3) is 5.56 Å². The molecule has 21 heavy (non-hydrogen) atoms. The Kier molecular flexibility index (Phi) is 4.59. The second kappa shape index (κ2) is 6.24. The van der Waals surface area contributed by atoms with Gasteiger partial charge < -0.3 is 10.4 Å². The topological polar surface area (TPSA) is 54.3 Å². The van der Waals surface area contributed by atoms with E-state index in [4.69, 9.17) is 11.6 Å². The van der Waals surface area contributed by atoms with Crippen LogP contribution in [0, 0.1) is 11.6 Å². The van der Waals surface area contributed by atoms with Gasteiger partial charge >= 0.3 is 0 Å². The highest BCUT2D eigenvalue weighted by Gasteiger charge is 2.21. The minimum absolute atomic E-state index is 0.0793. The van der Waals surface area contributed by atoms with Crippen molar-refractivity contribution in [2.45, 2.75) is 13.7 Å². The second-order valence-corrected chi connectivity index (χ2v) is 4.66. The van der Waals surface area contributed by atoms with E-state index in [1.807, 2.05) is 0 Å². The average Bonchev–Trinajstić information content (AvgIpc) is 2.44. The molecule has 2 aromatic rings. The van der Waals surface area contributed by atoms with Crippen LogP contribution in [-0.4, -0.2) is 16.2 Å². The van der Waals surface area contributed by atoms with E-state index in [1.165, 1.54) is 12.1 Å². The van der Waals surface area contributed by atoms with Crippen LogP contribution in [-0.2, 0) is 6.73 Å². The molecule has 112 valence electrons. The van der Waals surface area contributed by atoms with Crippen LogP contribution in [0.3, 0.4) is 0 Å². The third kappa shape index (κ3) is 2.77. The summed E-state index contributed by atoms with van der Waals surface area (Å²) >= 11 is 5.80. The Bertz CT molecular complexity index is 711. The zero-order valence-electron chi connectivity index (χ0n) is 11.2. The Morgan fingerprint density at radius 2 is 1.95 bits per heavy atom. The smallest absolute Gasteiger partial charge is 0.271 e. The molecule has 7 heteroatoms. The minimum atomic E-state index is -0.835. The van der Waals surface area contributed by atoms with Crippen LogP contribution in [0.15, 0.2) is 29.1 Å². The highest BCUT2D eigenvalue weighted by Crippen LogP contribution is 2.32. The number of anilines is 1. The van der Waals surface area contributed by atoms with Crippen LogP contribution in [0.25, 0.3) is 11.3 Å². The zero-order valence-corrected chi connectivity index (χ0v) is 11.9. The van der Waals surface area contributed by atoms with Crippen molar-refractivity contribution in [3.8, 4) is 11.3 Å². The van der Waals surface area contributed by atoms with E-state index in [-0.39, 0.29) is 16.4 Å². The van der Waals surface area contributed by atoms with E-state index in [0.29, 0.717) is 6.54 Å². The van der Waals surface area contributed by atoms with Crippen molar-refractivity contribution in [3.63, 3.8) is 0 Å². The first-order valence-corrected chi connectivity index (χ1v) is 6.61. The third-order valence-corrected chi connectivity index (χ3v) is 3.22. The van der Waals surface area contributed by atoms with Crippen LogP contribution in [0.5, 0.6) is 0 Å². The Labute approximate surface area is 124 Å². The van der Waals surface area contributed by atoms with Crippen molar-refractivity contribution in [1.82, 2.24) is 4.57 Å². The van der Waals surface area contributed by atoms with Crippen LogP contribution in [0.4, 0.5) is 14.5 Å². The van der Waals surface area contributed by atoms with Crippen molar-refractivity contribution in [2.75, 3.05) is 11.9 Å². The van der Waals surface area contributed by atoms with Crippen LogP contribution >= 0.6 is 11.6 Å². The first-order valence-electron chi connectivity index (χ1n) is 6.23. The molecule has 2 rings (SSSR count). The number of hydrogen-bond donors (Lipinski definition) is 2. The van der Waals surface area contributed by atoms with Crippen LogP contribution in [0.1, 0.15) is 6.92 Å². The Morgan fingerprint density at radius 1 is 1.33 bits per heavy atom.